The Kier molecular flexibility index (Phi) is 3.46. The SMILES string of the molecule is C[C@H](SC#N)c1ccc(Cl)cc1. The van der Waals surface area contributed by atoms with Crippen LogP contribution in [-0.4, -0.2) is 0 Å². The average molecular weight is 198 g/mol. The molecule has 1 atom stereocenters. The van der Waals surface area contributed by atoms with E-state index in [0.29, 0.717) is 0 Å². The summed E-state index contributed by atoms with van der Waals surface area (Å²) in [5.41, 5.74) is 1.13. The smallest absolute Gasteiger partial charge is 0.133 e. The van der Waals surface area contributed by atoms with Gasteiger partial charge >= 0.3 is 0 Å². The molecule has 0 aliphatic heterocycles. The fourth-order valence-electron chi connectivity index (χ4n) is 0.881. The van der Waals surface area contributed by atoms with Crippen LogP contribution in [0.25, 0.3) is 0 Å². The molecule has 12 heavy (non-hydrogen) atoms. The number of hydrogen-bond acceptors (Lipinski definition) is 2. The van der Waals surface area contributed by atoms with E-state index in [9.17, 15) is 0 Å². The van der Waals surface area contributed by atoms with Gasteiger partial charge in [0.1, 0.15) is 5.40 Å². The van der Waals surface area contributed by atoms with Gasteiger partial charge in [-0.15, -0.1) is 0 Å². The molecule has 0 aliphatic carbocycles. The number of hydrogen-bond donors (Lipinski definition) is 0. The molecule has 0 aliphatic rings. The first-order valence-electron chi connectivity index (χ1n) is 3.54. The summed E-state index contributed by atoms with van der Waals surface area (Å²) in [6.45, 7) is 2.00. The van der Waals surface area contributed by atoms with Gasteiger partial charge in [-0.25, -0.2) is 0 Å². The highest BCUT2D eigenvalue weighted by Gasteiger charge is 2.04. The van der Waals surface area contributed by atoms with Gasteiger partial charge in [0.2, 0.25) is 0 Å². The second-order valence-corrected chi connectivity index (χ2v) is 3.96. The van der Waals surface area contributed by atoms with Gasteiger partial charge in [0.05, 0.1) is 0 Å². The molecule has 0 radical (unpaired) electrons. The van der Waals surface area contributed by atoms with E-state index in [4.69, 9.17) is 16.9 Å². The fourth-order valence-corrected chi connectivity index (χ4v) is 1.46. The normalized spacial score (nSPS) is 12.1. The maximum atomic E-state index is 8.44. The molecule has 0 spiro atoms. The molecule has 0 saturated carbocycles. The summed E-state index contributed by atoms with van der Waals surface area (Å²) in [4.78, 5) is 0. The third-order valence-corrected chi connectivity index (χ3v) is 2.55. The molecular formula is C9H8ClNS. The van der Waals surface area contributed by atoms with Gasteiger partial charge in [-0.05, 0) is 36.4 Å². The lowest BCUT2D eigenvalue weighted by Crippen LogP contribution is -1.85. The summed E-state index contributed by atoms with van der Waals surface area (Å²) < 4.78 is 0. The lowest BCUT2D eigenvalue weighted by Gasteiger charge is -2.05. The van der Waals surface area contributed by atoms with Crippen LogP contribution in [0.3, 0.4) is 0 Å². The number of nitriles is 1. The molecule has 0 fully saturated rings. The molecule has 0 unspecified atom stereocenters. The lowest BCUT2D eigenvalue weighted by molar-refractivity contribution is 1.11. The fraction of sp³-hybridized carbons (Fsp3) is 0.222. The second kappa shape index (κ2) is 4.39. The molecule has 0 N–H and O–H groups in total. The van der Waals surface area contributed by atoms with Crippen LogP contribution in [0.4, 0.5) is 0 Å². The zero-order valence-corrected chi connectivity index (χ0v) is 8.19. The molecular weight excluding hydrogens is 190 g/mol. The van der Waals surface area contributed by atoms with Crippen molar-refractivity contribution < 1.29 is 0 Å². The number of nitrogens with zero attached hydrogens (tertiary/aromatic N) is 1. The quantitative estimate of drug-likeness (QED) is 0.677. The number of halogens is 1. The van der Waals surface area contributed by atoms with Gasteiger partial charge < -0.3 is 0 Å². The highest BCUT2D eigenvalue weighted by atomic mass is 35.5. The van der Waals surface area contributed by atoms with Crippen molar-refractivity contribution in [3.63, 3.8) is 0 Å². The Balaban J connectivity index is 2.76. The van der Waals surface area contributed by atoms with Gasteiger partial charge in [-0.2, -0.15) is 5.26 Å². The third kappa shape index (κ3) is 2.44. The van der Waals surface area contributed by atoms with Crippen molar-refractivity contribution in [3.05, 3.63) is 34.9 Å². The van der Waals surface area contributed by atoms with Gasteiger partial charge in [-0.1, -0.05) is 23.7 Å². The van der Waals surface area contributed by atoms with Crippen molar-refractivity contribution in [3.8, 4) is 5.40 Å². The Morgan fingerprint density at radius 2 is 2.00 bits per heavy atom. The van der Waals surface area contributed by atoms with E-state index in [1.54, 1.807) is 0 Å². The minimum atomic E-state index is 0.215. The first-order valence-corrected chi connectivity index (χ1v) is 4.80. The summed E-state index contributed by atoms with van der Waals surface area (Å²) in [5, 5.41) is 11.4. The van der Waals surface area contributed by atoms with Crippen molar-refractivity contribution in [1.82, 2.24) is 0 Å². The molecule has 3 heteroatoms. The van der Waals surface area contributed by atoms with Crippen LogP contribution in [0, 0.1) is 10.7 Å². The van der Waals surface area contributed by atoms with Gasteiger partial charge in [0, 0.05) is 10.3 Å². The van der Waals surface area contributed by atoms with Crippen LogP contribution in [-0.2, 0) is 0 Å². The summed E-state index contributed by atoms with van der Waals surface area (Å²) >= 11 is 6.97. The molecule has 0 aromatic heterocycles. The minimum Gasteiger partial charge on any atom is -0.185 e. The Bertz CT molecular complexity index is 288. The second-order valence-electron chi connectivity index (χ2n) is 2.40. The van der Waals surface area contributed by atoms with Crippen molar-refractivity contribution in [2.75, 3.05) is 0 Å². The summed E-state index contributed by atoms with van der Waals surface area (Å²) in [5.74, 6) is 0. The predicted molar refractivity (Wildman–Crippen MR) is 53.1 cm³/mol. The predicted octanol–water partition coefficient (Wildman–Crippen LogP) is 3.62. The molecule has 0 saturated heterocycles. The van der Waals surface area contributed by atoms with Crippen molar-refractivity contribution in [2.45, 2.75) is 12.2 Å². The van der Waals surface area contributed by atoms with Gasteiger partial charge in [0.15, 0.2) is 0 Å². The van der Waals surface area contributed by atoms with Crippen LogP contribution in [0.1, 0.15) is 17.7 Å². The maximum Gasteiger partial charge on any atom is 0.133 e. The highest BCUT2D eigenvalue weighted by Crippen LogP contribution is 2.27. The van der Waals surface area contributed by atoms with E-state index >= 15 is 0 Å². The maximum absolute atomic E-state index is 8.44. The van der Waals surface area contributed by atoms with E-state index < -0.39 is 0 Å². The molecule has 1 rings (SSSR count). The standard InChI is InChI=1S/C9H8ClNS/c1-7(12-6-11)8-2-4-9(10)5-3-8/h2-5,7H,1H3/t7-/m0/s1. The van der Waals surface area contributed by atoms with E-state index in [2.05, 4.69) is 5.40 Å². The van der Waals surface area contributed by atoms with Crippen molar-refractivity contribution >= 4 is 23.4 Å². The molecule has 1 aromatic carbocycles. The first kappa shape index (κ1) is 9.44. The Morgan fingerprint density at radius 3 is 2.50 bits per heavy atom. The number of rotatable bonds is 2. The summed E-state index contributed by atoms with van der Waals surface area (Å²) in [6.07, 6.45) is 0. The topological polar surface area (TPSA) is 23.8 Å². The number of thioether (sulfide) groups is 1. The first-order chi connectivity index (χ1) is 5.74. The van der Waals surface area contributed by atoms with Crippen molar-refractivity contribution in [1.29, 1.82) is 5.26 Å². The monoisotopic (exact) mass is 197 g/mol. The largest absolute Gasteiger partial charge is 0.185 e. The average Bonchev–Trinajstić information content (AvgIpc) is 2.06. The molecule has 0 amide bonds. The van der Waals surface area contributed by atoms with Crippen LogP contribution >= 0.6 is 23.4 Å². The highest BCUT2D eigenvalue weighted by molar-refractivity contribution is 8.03. The Hall–Kier alpha value is -0.650. The van der Waals surface area contributed by atoms with Crippen LogP contribution in [0.5, 0.6) is 0 Å². The zero-order valence-electron chi connectivity index (χ0n) is 6.62. The van der Waals surface area contributed by atoms with Gasteiger partial charge in [-0.3, -0.25) is 0 Å². The number of benzene rings is 1. The minimum absolute atomic E-state index is 0.215. The molecule has 0 bridgehead atoms. The van der Waals surface area contributed by atoms with Crippen LogP contribution in [0.2, 0.25) is 5.02 Å². The molecule has 62 valence electrons. The summed E-state index contributed by atoms with van der Waals surface area (Å²) in [6, 6.07) is 7.56. The zero-order chi connectivity index (χ0) is 8.97. The number of thiocyanates is 1. The molecule has 1 nitrogen and oxygen atoms in total. The van der Waals surface area contributed by atoms with Crippen molar-refractivity contribution in [2.24, 2.45) is 0 Å². The van der Waals surface area contributed by atoms with Crippen LogP contribution < -0.4 is 0 Å². The van der Waals surface area contributed by atoms with E-state index in [1.165, 1.54) is 11.8 Å². The Morgan fingerprint density at radius 1 is 1.42 bits per heavy atom. The Labute approximate surface area is 81.3 Å². The van der Waals surface area contributed by atoms with E-state index in [-0.39, 0.29) is 5.25 Å². The van der Waals surface area contributed by atoms with E-state index in [0.717, 1.165) is 10.6 Å². The van der Waals surface area contributed by atoms with E-state index in [1.807, 2.05) is 31.2 Å². The summed E-state index contributed by atoms with van der Waals surface area (Å²) in [7, 11) is 0. The third-order valence-electron chi connectivity index (χ3n) is 1.57. The lowest BCUT2D eigenvalue weighted by atomic mass is 10.2. The molecule has 1 aromatic rings. The van der Waals surface area contributed by atoms with Gasteiger partial charge in [0.25, 0.3) is 0 Å². The molecule has 0 heterocycles. The van der Waals surface area contributed by atoms with Crippen LogP contribution in [0.15, 0.2) is 24.3 Å².